The molecule has 14 nitrogen and oxygen atoms in total. The fraction of sp³-hybridized carbons (Fsp3) is 0.840. The van der Waals surface area contributed by atoms with Gasteiger partial charge in [-0.25, -0.2) is 4.79 Å². The van der Waals surface area contributed by atoms with Gasteiger partial charge in [0.1, 0.15) is 47.3 Å². The quantitative estimate of drug-likeness (QED) is 0.0881. The van der Waals surface area contributed by atoms with Crippen molar-refractivity contribution in [2.45, 2.75) is 211 Å². The summed E-state index contributed by atoms with van der Waals surface area (Å²) in [4.78, 5) is 44.7. The minimum absolute atomic E-state index is 0.00741. The second-order valence-corrected chi connectivity index (χ2v) is 20.9. The Balaban J connectivity index is 0.000000190. The second-order valence-electron chi connectivity index (χ2n) is 20.9. The number of ether oxygens (including phenoxy) is 10. The summed E-state index contributed by atoms with van der Waals surface area (Å²) in [5, 5.41) is 0. The van der Waals surface area contributed by atoms with Gasteiger partial charge < -0.3 is 47.4 Å². The highest BCUT2D eigenvalue weighted by atomic mass is 16.8. The van der Waals surface area contributed by atoms with Crippen molar-refractivity contribution < 1.29 is 66.5 Å². The number of cyclic esters (lactones) is 2. The Labute approximate surface area is 383 Å². The van der Waals surface area contributed by atoms with Crippen molar-refractivity contribution in [2.75, 3.05) is 34.5 Å². The molecule has 3 aliphatic heterocycles. The van der Waals surface area contributed by atoms with Gasteiger partial charge in [0, 0.05) is 48.0 Å². The number of hydrogen-bond donors (Lipinski definition) is 0. The van der Waals surface area contributed by atoms with Gasteiger partial charge in [-0.3, -0.25) is 14.4 Å². The fourth-order valence-electron chi connectivity index (χ4n) is 10.2. The van der Waals surface area contributed by atoms with Gasteiger partial charge in [-0.2, -0.15) is 0 Å². The lowest BCUT2D eigenvalue weighted by molar-refractivity contribution is -0.181. The lowest BCUT2D eigenvalue weighted by Crippen LogP contribution is -2.52. The summed E-state index contributed by atoms with van der Waals surface area (Å²) in [6.45, 7) is 29.7. The molecule has 0 aromatic rings. The van der Waals surface area contributed by atoms with Crippen molar-refractivity contribution >= 4 is 24.1 Å². The van der Waals surface area contributed by atoms with Crippen LogP contribution in [0.25, 0.3) is 0 Å². The van der Waals surface area contributed by atoms with Crippen molar-refractivity contribution in [1.29, 1.82) is 0 Å². The van der Waals surface area contributed by atoms with Gasteiger partial charge in [0.15, 0.2) is 0 Å². The van der Waals surface area contributed by atoms with E-state index in [-0.39, 0.29) is 71.1 Å². The lowest BCUT2D eigenvalue weighted by Gasteiger charge is -2.45. The maximum absolute atomic E-state index is 11.3. The predicted octanol–water partition coefficient (Wildman–Crippen LogP) is 9.18. The van der Waals surface area contributed by atoms with E-state index in [1.807, 2.05) is 34.6 Å². The smallest absolute Gasteiger partial charge is 0.459 e. The van der Waals surface area contributed by atoms with Crippen molar-refractivity contribution in [3.05, 3.63) is 24.3 Å². The summed E-state index contributed by atoms with van der Waals surface area (Å²) in [5.74, 6) is 0.917. The molecule has 4 saturated carbocycles. The number of fused-ring (bicyclic) bond motifs is 1. The van der Waals surface area contributed by atoms with E-state index < -0.39 is 17.4 Å². The third-order valence-electron chi connectivity index (χ3n) is 15.9. The number of esters is 3. The molecule has 0 N–H and O–H groups in total. The molecule has 0 spiro atoms. The Morgan fingerprint density at radius 3 is 1.30 bits per heavy atom. The summed E-state index contributed by atoms with van der Waals surface area (Å²) < 4.78 is 54.2. The molecular weight excluding hydrogens is 825 g/mol. The van der Waals surface area contributed by atoms with Crippen LogP contribution in [0.4, 0.5) is 4.79 Å². The van der Waals surface area contributed by atoms with E-state index in [1.165, 1.54) is 45.6 Å². The van der Waals surface area contributed by atoms with Gasteiger partial charge in [0.25, 0.3) is 0 Å². The van der Waals surface area contributed by atoms with Crippen LogP contribution in [-0.2, 0) is 61.8 Å². The number of carbonyl (C=O) groups is 4. The highest BCUT2D eigenvalue weighted by Gasteiger charge is 2.56. The average molecular weight is 907 g/mol. The molecule has 0 radical (unpaired) electrons. The molecule has 4 aliphatic carbocycles. The maximum Gasteiger partial charge on any atom is 0.509 e. The van der Waals surface area contributed by atoms with E-state index in [1.54, 1.807) is 21.3 Å². The Morgan fingerprint density at radius 1 is 0.547 bits per heavy atom. The van der Waals surface area contributed by atoms with Gasteiger partial charge >= 0.3 is 24.1 Å². The number of rotatable bonds is 10. The highest BCUT2D eigenvalue weighted by Crippen LogP contribution is 2.51. The van der Waals surface area contributed by atoms with Crippen molar-refractivity contribution in [3.8, 4) is 0 Å². The first kappa shape index (κ1) is 53.6. The summed E-state index contributed by atoms with van der Waals surface area (Å²) in [7, 11) is 4.99. The zero-order valence-electron chi connectivity index (χ0n) is 41.6. The van der Waals surface area contributed by atoms with Crippen LogP contribution in [0.1, 0.15) is 153 Å². The highest BCUT2D eigenvalue weighted by molar-refractivity contribution is 5.67. The molecule has 0 aromatic heterocycles. The molecule has 14 atom stereocenters. The molecule has 366 valence electrons. The Bertz CT molecular complexity index is 1680. The van der Waals surface area contributed by atoms with Crippen LogP contribution in [-0.4, -0.2) is 117 Å². The normalized spacial score (nSPS) is 41.8. The van der Waals surface area contributed by atoms with E-state index in [4.69, 9.17) is 47.4 Å². The molecule has 3 saturated heterocycles. The lowest BCUT2D eigenvalue weighted by atomic mass is 9.71. The molecule has 14 unspecified atom stereocenters. The minimum Gasteiger partial charge on any atom is -0.459 e. The zero-order valence-corrected chi connectivity index (χ0v) is 41.6. The van der Waals surface area contributed by atoms with Gasteiger partial charge in [-0.1, -0.05) is 24.3 Å². The minimum atomic E-state index is -0.648. The SMILES string of the molecule is C=C(C)C1CCC(C)(OC)C(OC(C)=O)C1.C=C(C)C1CCC2(C)OC2C1.COC1(C)CCC(C2(C)CO2)CC1OC(C)=O.COC1(C)CCC(C2(C)COC(=O)O2)CC1OC(C)=O. The van der Waals surface area contributed by atoms with Crippen molar-refractivity contribution in [2.24, 2.45) is 23.7 Å². The van der Waals surface area contributed by atoms with Crippen LogP contribution >= 0.6 is 0 Å². The number of epoxide rings is 2. The third kappa shape index (κ3) is 13.5. The molecule has 7 rings (SSSR count). The Kier molecular flexibility index (Phi) is 17.8. The third-order valence-corrected chi connectivity index (χ3v) is 15.9. The predicted molar refractivity (Wildman–Crippen MR) is 240 cm³/mol. The number of allylic oxidation sites excluding steroid dienone is 2. The van der Waals surface area contributed by atoms with E-state index in [0.717, 1.165) is 69.5 Å². The number of carbonyl (C=O) groups excluding carboxylic acids is 4. The topological polar surface area (TPSA) is 167 Å². The first-order chi connectivity index (χ1) is 29.7. The molecular formula is C50H82O14. The van der Waals surface area contributed by atoms with E-state index in [9.17, 15) is 19.2 Å². The molecule has 14 heteroatoms. The van der Waals surface area contributed by atoms with Gasteiger partial charge in [0.05, 0.1) is 23.9 Å². The molecule has 7 aliphatic rings. The second kappa shape index (κ2) is 21.3. The molecule has 0 bridgehead atoms. The maximum atomic E-state index is 11.3. The average Bonchev–Trinajstić information content (AvgIpc) is 4.11. The molecule has 7 fully saturated rings. The van der Waals surface area contributed by atoms with Gasteiger partial charge in [-0.15, -0.1) is 0 Å². The molecule has 0 aromatic carbocycles. The molecule has 64 heavy (non-hydrogen) atoms. The largest absolute Gasteiger partial charge is 0.509 e. The van der Waals surface area contributed by atoms with Gasteiger partial charge in [0.2, 0.25) is 0 Å². The van der Waals surface area contributed by atoms with Crippen molar-refractivity contribution in [3.63, 3.8) is 0 Å². The van der Waals surface area contributed by atoms with Gasteiger partial charge in [-0.05, 0) is 150 Å². The Hall–Kier alpha value is -3.04. The van der Waals surface area contributed by atoms with Crippen LogP contribution in [0.2, 0.25) is 0 Å². The summed E-state index contributed by atoms with van der Waals surface area (Å²) in [6, 6.07) is 0. The number of hydrogen-bond acceptors (Lipinski definition) is 14. The summed E-state index contributed by atoms with van der Waals surface area (Å²) in [6.07, 6.45) is 10.7. The monoisotopic (exact) mass is 907 g/mol. The van der Waals surface area contributed by atoms with Crippen molar-refractivity contribution in [1.82, 2.24) is 0 Å². The number of methoxy groups -OCH3 is 3. The van der Waals surface area contributed by atoms with E-state index in [0.29, 0.717) is 24.4 Å². The first-order valence-electron chi connectivity index (χ1n) is 23.3. The van der Waals surface area contributed by atoms with Crippen LogP contribution in [0.3, 0.4) is 0 Å². The molecule has 3 heterocycles. The van der Waals surface area contributed by atoms with E-state index in [2.05, 4.69) is 33.9 Å². The first-order valence-corrected chi connectivity index (χ1v) is 23.3. The summed E-state index contributed by atoms with van der Waals surface area (Å²) in [5.41, 5.74) is 0.926. The molecule has 0 amide bonds. The van der Waals surface area contributed by atoms with E-state index >= 15 is 0 Å². The standard InChI is InChI=1S/C14H22O6.C13H22O4.C13H22O3.C10H16O/c1-9(15)19-11-7-10(5-6-13(11,2)17-4)14(3)8-18-12(16)20-14;1-9(14)17-11-7-10(13(3)8-16-13)5-6-12(11,2)15-4;1-9(2)11-6-7-13(4,15-5)12(8-11)16-10(3)14;1-7(2)8-4-5-10(3)9(6-8)11-10/h10-11H,5-8H2,1-4H3;10-11H,5-8H2,1-4H3;11-12H,1,6-8H2,2-5H3;8-9H,1,4-6H2,2-3H3. The Morgan fingerprint density at radius 2 is 0.938 bits per heavy atom. The van der Waals surface area contributed by atoms with Crippen LogP contribution in [0.15, 0.2) is 24.3 Å². The summed E-state index contributed by atoms with van der Waals surface area (Å²) >= 11 is 0. The van der Waals surface area contributed by atoms with Crippen LogP contribution in [0, 0.1) is 23.7 Å². The van der Waals surface area contributed by atoms with Crippen LogP contribution < -0.4 is 0 Å². The van der Waals surface area contributed by atoms with Crippen LogP contribution in [0.5, 0.6) is 0 Å². The fourth-order valence-corrected chi connectivity index (χ4v) is 10.2. The zero-order chi connectivity index (χ0) is 48.1.